The van der Waals surface area contributed by atoms with E-state index in [9.17, 15) is 8.42 Å². The standard InChI is InChI=1S/C17H15Cl2N3O3S/c1-22(26(23,24)11-12-2-6-14(18)7-3-12)10-16-20-17(21-25-16)13-4-8-15(19)9-5-13/h2-9H,10-11H2,1H3. The van der Waals surface area contributed by atoms with Crippen LogP contribution in [0.4, 0.5) is 0 Å². The summed E-state index contributed by atoms with van der Waals surface area (Å²) >= 11 is 11.7. The first-order valence-electron chi connectivity index (χ1n) is 7.60. The van der Waals surface area contributed by atoms with Crippen molar-refractivity contribution in [2.45, 2.75) is 12.3 Å². The monoisotopic (exact) mass is 411 g/mol. The first-order chi connectivity index (χ1) is 12.3. The van der Waals surface area contributed by atoms with Crippen molar-refractivity contribution in [1.82, 2.24) is 14.4 Å². The van der Waals surface area contributed by atoms with Gasteiger partial charge in [0.25, 0.3) is 0 Å². The topological polar surface area (TPSA) is 76.3 Å². The summed E-state index contributed by atoms with van der Waals surface area (Å²) in [5.74, 6) is 0.441. The molecular formula is C17H15Cl2N3O3S. The summed E-state index contributed by atoms with van der Waals surface area (Å²) in [6.07, 6.45) is 0. The Morgan fingerprint density at radius 3 is 2.19 bits per heavy atom. The van der Waals surface area contributed by atoms with E-state index in [-0.39, 0.29) is 18.2 Å². The zero-order chi connectivity index (χ0) is 18.7. The van der Waals surface area contributed by atoms with Gasteiger partial charge in [0.15, 0.2) is 0 Å². The highest BCUT2D eigenvalue weighted by atomic mass is 35.5. The maximum Gasteiger partial charge on any atom is 0.242 e. The third-order valence-corrected chi connectivity index (χ3v) is 5.95. The van der Waals surface area contributed by atoms with Crippen LogP contribution in [0.1, 0.15) is 11.5 Å². The third-order valence-electron chi connectivity index (χ3n) is 3.67. The predicted molar refractivity (Wildman–Crippen MR) is 100 cm³/mol. The Hall–Kier alpha value is -1.93. The van der Waals surface area contributed by atoms with Gasteiger partial charge < -0.3 is 4.52 Å². The van der Waals surface area contributed by atoms with Crippen LogP contribution < -0.4 is 0 Å². The van der Waals surface area contributed by atoms with Crippen LogP contribution in [0.15, 0.2) is 53.1 Å². The Bertz CT molecular complexity index is 987. The first kappa shape index (κ1) is 18.8. The Balaban J connectivity index is 1.70. The quantitative estimate of drug-likeness (QED) is 0.612. The largest absolute Gasteiger partial charge is 0.338 e. The average molecular weight is 412 g/mol. The molecule has 0 saturated heterocycles. The molecule has 0 fully saturated rings. The number of rotatable bonds is 6. The fourth-order valence-corrected chi connectivity index (χ4v) is 3.62. The van der Waals surface area contributed by atoms with Gasteiger partial charge in [-0.3, -0.25) is 0 Å². The second-order valence-corrected chi connectivity index (χ2v) is 8.61. The molecule has 0 unspecified atom stereocenters. The van der Waals surface area contributed by atoms with Crippen LogP contribution >= 0.6 is 23.2 Å². The number of hydrogen-bond acceptors (Lipinski definition) is 5. The van der Waals surface area contributed by atoms with Crippen molar-refractivity contribution in [2.24, 2.45) is 0 Å². The summed E-state index contributed by atoms with van der Waals surface area (Å²) in [6.45, 7) is -0.0173. The van der Waals surface area contributed by atoms with E-state index in [1.54, 1.807) is 48.5 Å². The van der Waals surface area contributed by atoms with E-state index in [1.165, 1.54) is 11.4 Å². The normalized spacial score (nSPS) is 11.8. The minimum absolute atomic E-state index is 0.0173. The molecule has 0 aliphatic heterocycles. The van der Waals surface area contributed by atoms with Crippen LogP contribution in [0.5, 0.6) is 0 Å². The van der Waals surface area contributed by atoms with Gasteiger partial charge in [-0.2, -0.15) is 9.29 Å². The fourth-order valence-electron chi connectivity index (χ4n) is 2.23. The van der Waals surface area contributed by atoms with Crippen molar-refractivity contribution in [3.05, 3.63) is 70.0 Å². The Morgan fingerprint density at radius 1 is 1.00 bits per heavy atom. The van der Waals surface area contributed by atoms with E-state index >= 15 is 0 Å². The molecule has 1 aromatic heterocycles. The van der Waals surface area contributed by atoms with Crippen LogP contribution in [-0.4, -0.2) is 29.9 Å². The molecule has 0 aliphatic carbocycles. The molecule has 0 saturated carbocycles. The van der Waals surface area contributed by atoms with Gasteiger partial charge in [0.1, 0.15) is 0 Å². The van der Waals surface area contributed by atoms with Gasteiger partial charge in [-0.15, -0.1) is 0 Å². The van der Waals surface area contributed by atoms with Crippen LogP contribution in [-0.2, 0) is 22.3 Å². The smallest absolute Gasteiger partial charge is 0.242 e. The van der Waals surface area contributed by atoms with Crippen molar-refractivity contribution in [2.75, 3.05) is 7.05 Å². The molecule has 3 rings (SSSR count). The SMILES string of the molecule is CN(Cc1nc(-c2ccc(Cl)cc2)no1)S(=O)(=O)Cc1ccc(Cl)cc1. The Kier molecular flexibility index (Phi) is 5.62. The van der Waals surface area contributed by atoms with Gasteiger partial charge in [-0.1, -0.05) is 40.5 Å². The molecule has 3 aromatic rings. The number of aromatic nitrogens is 2. The highest BCUT2D eigenvalue weighted by molar-refractivity contribution is 7.88. The van der Waals surface area contributed by atoms with Crippen molar-refractivity contribution >= 4 is 33.2 Å². The Labute approximate surface area is 161 Å². The molecule has 0 bridgehead atoms. The summed E-state index contributed by atoms with van der Waals surface area (Å²) in [7, 11) is -2.07. The lowest BCUT2D eigenvalue weighted by Crippen LogP contribution is -2.27. The molecule has 0 atom stereocenters. The van der Waals surface area contributed by atoms with Crippen molar-refractivity contribution in [3.63, 3.8) is 0 Å². The third kappa shape index (κ3) is 4.62. The van der Waals surface area contributed by atoms with Crippen LogP contribution in [0.3, 0.4) is 0 Å². The van der Waals surface area contributed by atoms with Gasteiger partial charge in [-0.25, -0.2) is 8.42 Å². The minimum Gasteiger partial charge on any atom is -0.338 e. The average Bonchev–Trinajstić information content (AvgIpc) is 3.06. The van der Waals surface area contributed by atoms with E-state index in [2.05, 4.69) is 10.1 Å². The molecular weight excluding hydrogens is 397 g/mol. The molecule has 136 valence electrons. The van der Waals surface area contributed by atoms with E-state index in [0.29, 0.717) is 21.4 Å². The molecule has 9 heteroatoms. The van der Waals surface area contributed by atoms with E-state index in [0.717, 1.165) is 5.56 Å². The molecule has 0 amide bonds. The fraction of sp³-hybridized carbons (Fsp3) is 0.176. The van der Waals surface area contributed by atoms with Crippen LogP contribution in [0.25, 0.3) is 11.4 Å². The predicted octanol–water partition coefficient (Wildman–Crippen LogP) is 4.01. The molecule has 1 heterocycles. The number of hydrogen-bond donors (Lipinski definition) is 0. The van der Waals surface area contributed by atoms with Gasteiger partial charge in [-0.05, 0) is 42.0 Å². The summed E-state index contributed by atoms with van der Waals surface area (Å²) in [5.41, 5.74) is 1.38. The molecule has 2 aromatic carbocycles. The van der Waals surface area contributed by atoms with Crippen molar-refractivity contribution in [3.8, 4) is 11.4 Å². The molecule has 0 spiro atoms. The van der Waals surface area contributed by atoms with E-state index < -0.39 is 10.0 Å². The highest BCUT2D eigenvalue weighted by Gasteiger charge is 2.21. The summed E-state index contributed by atoms with van der Waals surface area (Å²) < 4.78 is 31.3. The van der Waals surface area contributed by atoms with Crippen molar-refractivity contribution in [1.29, 1.82) is 0 Å². The maximum atomic E-state index is 12.5. The first-order valence-corrected chi connectivity index (χ1v) is 9.97. The van der Waals surface area contributed by atoms with Gasteiger partial charge in [0.2, 0.25) is 21.7 Å². The molecule has 0 radical (unpaired) electrons. The number of benzene rings is 2. The zero-order valence-electron chi connectivity index (χ0n) is 13.8. The number of halogens is 2. The molecule has 0 N–H and O–H groups in total. The maximum absolute atomic E-state index is 12.5. The lowest BCUT2D eigenvalue weighted by atomic mass is 10.2. The summed E-state index contributed by atoms with van der Waals surface area (Å²) in [5, 5.41) is 5.04. The summed E-state index contributed by atoms with van der Waals surface area (Å²) in [4.78, 5) is 4.24. The van der Waals surface area contributed by atoms with Gasteiger partial charge >= 0.3 is 0 Å². The van der Waals surface area contributed by atoms with E-state index in [1.807, 2.05) is 0 Å². The van der Waals surface area contributed by atoms with Crippen molar-refractivity contribution < 1.29 is 12.9 Å². The summed E-state index contributed by atoms with van der Waals surface area (Å²) in [6, 6.07) is 13.6. The molecule has 26 heavy (non-hydrogen) atoms. The minimum atomic E-state index is -3.54. The lowest BCUT2D eigenvalue weighted by Gasteiger charge is -2.15. The van der Waals surface area contributed by atoms with Crippen LogP contribution in [0, 0.1) is 0 Å². The van der Waals surface area contributed by atoms with Crippen LogP contribution in [0.2, 0.25) is 10.0 Å². The lowest BCUT2D eigenvalue weighted by molar-refractivity contribution is 0.336. The second-order valence-electron chi connectivity index (χ2n) is 5.66. The second kappa shape index (κ2) is 7.75. The highest BCUT2D eigenvalue weighted by Crippen LogP contribution is 2.20. The van der Waals surface area contributed by atoms with E-state index in [4.69, 9.17) is 27.7 Å². The molecule has 0 aliphatic rings. The van der Waals surface area contributed by atoms with Gasteiger partial charge in [0, 0.05) is 22.7 Å². The number of nitrogens with zero attached hydrogens (tertiary/aromatic N) is 3. The zero-order valence-corrected chi connectivity index (χ0v) is 16.1. The Morgan fingerprint density at radius 2 is 1.58 bits per heavy atom. The molecule has 6 nitrogen and oxygen atoms in total. The van der Waals surface area contributed by atoms with Gasteiger partial charge in [0.05, 0.1) is 12.3 Å². The number of sulfonamides is 1.